The third-order valence-corrected chi connectivity index (χ3v) is 3.78. The number of hydrogen-bond acceptors (Lipinski definition) is 0. The van der Waals surface area contributed by atoms with Crippen molar-refractivity contribution < 1.29 is 0 Å². The summed E-state index contributed by atoms with van der Waals surface area (Å²) < 4.78 is 0. The first-order valence-corrected chi connectivity index (χ1v) is 6.78. The topological polar surface area (TPSA) is 0 Å². The van der Waals surface area contributed by atoms with Crippen LogP contribution in [-0.2, 0) is 0 Å². The molecule has 0 amide bonds. The van der Waals surface area contributed by atoms with Crippen molar-refractivity contribution in [3.8, 4) is 0 Å². The number of benzene rings is 1. The molecule has 1 heteroatoms. The van der Waals surface area contributed by atoms with Crippen molar-refractivity contribution in [3.05, 3.63) is 34.9 Å². The monoisotopic (exact) mass is 268 g/mol. The highest BCUT2D eigenvalue weighted by Crippen LogP contribution is 2.31. The van der Waals surface area contributed by atoms with Gasteiger partial charge in [0.05, 0.1) is 0 Å². The van der Waals surface area contributed by atoms with Crippen LogP contribution >= 0.6 is 15.9 Å². The zero-order chi connectivity index (χ0) is 11.3. The van der Waals surface area contributed by atoms with Crippen molar-refractivity contribution in [2.45, 2.75) is 51.3 Å². The van der Waals surface area contributed by atoms with Gasteiger partial charge in [-0.05, 0) is 31.4 Å². The van der Waals surface area contributed by atoms with Gasteiger partial charge in [-0.1, -0.05) is 65.9 Å². The molecule has 0 heterocycles. The van der Waals surface area contributed by atoms with E-state index < -0.39 is 0 Å². The molecular formula is C14H21Br. The average molecular weight is 269 g/mol. The van der Waals surface area contributed by atoms with E-state index in [-0.39, 0.29) is 0 Å². The highest BCUT2D eigenvalue weighted by Gasteiger charge is 2.09. The molecule has 1 aromatic carbocycles. The average Bonchev–Trinajstić information content (AvgIpc) is 2.22. The van der Waals surface area contributed by atoms with Gasteiger partial charge in [0.25, 0.3) is 0 Å². The fourth-order valence-corrected chi connectivity index (χ4v) is 2.64. The van der Waals surface area contributed by atoms with Crippen LogP contribution in [0.15, 0.2) is 18.2 Å². The maximum atomic E-state index is 3.80. The molecule has 0 aromatic heterocycles. The van der Waals surface area contributed by atoms with E-state index >= 15 is 0 Å². The molecule has 84 valence electrons. The van der Waals surface area contributed by atoms with E-state index in [1.54, 1.807) is 0 Å². The van der Waals surface area contributed by atoms with Gasteiger partial charge in [0.15, 0.2) is 0 Å². The lowest BCUT2D eigenvalue weighted by molar-refractivity contribution is 0.662. The molecule has 0 bridgehead atoms. The van der Waals surface area contributed by atoms with Gasteiger partial charge < -0.3 is 0 Å². The Balaban J connectivity index is 2.64. The van der Waals surface area contributed by atoms with Crippen LogP contribution in [0.2, 0.25) is 0 Å². The Morgan fingerprint density at radius 3 is 2.60 bits per heavy atom. The van der Waals surface area contributed by atoms with Crippen LogP contribution in [0.4, 0.5) is 0 Å². The lowest BCUT2D eigenvalue weighted by Crippen LogP contribution is -1.94. The summed E-state index contributed by atoms with van der Waals surface area (Å²) in [6.45, 7) is 6.61. The Hall–Kier alpha value is -0.300. The van der Waals surface area contributed by atoms with Gasteiger partial charge in [0, 0.05) is 4.83 Å². The van der Waals surface area contributed by atoms with Crippen LogP contribution in [0.5, 0.6) is 0 Å². The predicted molar refractivity (Wildman–Crippen MR) is 71.7 cm³/mol. The minimum absolute atomic E-state index is 0.531. The number of aryl methyl sites for hydroxylation is 2. The fourth-order valence-electron chi connectivity index (χ4n) is 1.83. The van der Waals surface area contributed by atoms with Crippen LogP contribution in [0.1, 0.15) is 54.1 Å². The summed E-state index contributed by atoms with van der Waals surface area (Å²) in [4.78, 5) is 0.531. The molecule has 0 radical (unpaired) electrons. The number of alkyl halides is 1. The van der Waals surface area contributed by atoms with Gasteiger partial charge in [-0.2, -0.15) is 0 Å². The molecule has 1 aromatic rings. The normalized spacial score (nSPS) is 12.8. The quantitative estimate of drug-likeness (QED) is 0.501. The maximum Gasteiger partial charge on any atom is 0.0398 e. The van der Waals surface area contributed by atoms with E-state index in [1.165, 1.54) is 42.4 Å². The lowest BCUT2D eigenvalue weighted by atomic mass is 9.99. The molecule has 1 atom stereocenters. The molecule has 1 rings (SSSR count). The zero-order valence-electron chi connectivity index (χ0n) is 10.0. The second-order valence-corrected chi connectivity index (χ2v) is 5.43. The molecule has 0 saturated carbocycles. The summed E-state index contributed by atoms with van der Waals surface area (Å²) >= 11 is 3.80. The molecule has 0 spiro atoms. The first-order valence-electron chi connectivity index (χ1n) is 5.86. The molecule has 0 fully saturated rings. The molecule has 0 aliphatic heterocycles. The van der Waals surface area contributed by atoms with Gasteiger partial charge in [0.1, 0.15) is 0 Å². The Morgan fingerprint density at radius 2 is 1.93 bits per heavy atom. The second-order valence-electron chi connectivity index (χ2n) is 4.32. The summed E-state index contributed by atoms with van der Waals surface area (Å²) in [5.74, 6) is 0. The van der Waals surface area contributed by atoms with E-state index in [1.807, 2.05) is 0 Å². The van der Waals surface area contributed by atoms with Crippen molar-refractivity contribution in [3.63, 3.8) is 0 Å². The first kappa shape index (κ1) is 12.8. The summed E-state index contributed by atoms with van der Waals surface area (Å²) in [6.07, 6.45) is 5.21. The largest absolute Gasteiger partial charge is 0.0839 e. The van der Waals surface area contributed by atoms with Crippen molar-refractivity contribution in [2.75, 3.05) is 0 Å². The van der Waals surface area contributed by atoms with E-state index in [0.717, 1.165) is 0 Å². The van der Waals surface area contributed by atoms with E-state index in [0.29, 0.717) is 4.83 Å². The predicted octanol–water partition coefficient (Wildman–Crippen LogP) is 5.32. The Morgan fingerprint density at radius 1 is 1.20 bits per heavy atom. The van der Waals surface area contributed by atoms with E-state index in [9.17, 15) is 0 Å². The Labute approximate surface area is 102 Å². The molecule has 15 heavy (non-hydrogen) atoms. The van der Waals surface area contributed by atoms with Crippen molar-refractivity contribution >= 4 is 15.9 Å². The Kier molecular flexibility index (Phi) is 5.38. The summed E-state index contributed by atoms with van der Waals surface area (Å²) in [6, 6.07) is 6.71. The molecule has 0 aliphatic carbocycles. The van der Waals surface area contributed by atoms with Gasteiger partial charge in [0.2, 0.25) is 0 Å². The van der Waals surface area contributed by atoms with Gasteiger partial charge in [-0.15, -0.1) is 0 Å². The summed E-state index contributed by atoms with van der Waals surface area (Å²) in [5, 5.41) is 0. The number of halogens is 1. The van der Waals surface area contributed by atoms with Crippen molar-refractivity contribution in [1.82, 2.24) is 0 Å². The molecule has 0 N–H and O–H groups in total. The van der Waals surface area contributed by atoms with Gasteiger partial charge >= 0.3 is 0 Å². The molecule has 0 aliphatic rings. The van der Waals surface area contributed by atoms with Crippen molar-refractivity contribution in [1.29, 1.82) is 0 Å². The minimum atomic E-state index is 0.531. The van der Waals surface area contributed by atoms with E-state index in [4.69, 9.17) is 0 Å². The fraction of sp³-hybridized carbons (Fsp3) is 0.571. The number of unbranched alkanes of at least 4 members (excludes halogenated alkanes) is 2. The maximum absolute atomic E-state index is 3.80. The first-order chi connectivity index (χ1) is 7.15. The number of hydrogen-bond donors (Lipinski definition) is 0. The molecule has 1 unspecified atom stereocenters. The summed E-state index contributed by atoms with van der Waals surface area (Å²) in [5.41, 5.74) is 4.22. The van der Waals surface area contributed by atoms with Crippen LogP contribution in [-0.4, -0.2) is 0 Å². The van der Waals surface area contributed by atoms with Gasteiger partial charge in [-0.25, -0.2) is 0 Å². The smallest absolute Gasteiger partial charge is 0.0398 e. The summed E-state index contributed by atoms with van der Waals surface area (Å²) in [7, 11) is 0. The van der Waals surface area contributed by atoms with E-state index in [2.05, 4.69) is 54.9 Å². The van der Waals surface area contributed by atoms with Crippen LogP contribution in [0, 0.1) is 13.8 Å². The third kappa shape index (κ3) is 3.98. The number of rotatable bonds is 5. The van der Waals surface area contributed by atoms with Crippen LogP contribution in [0.3, 0.4) is 0 Å². The lowest BCUT2D eigenvalue weighted by Gasteiger charge is -2.13. The molecule has 0 saturated heterocycles. The van der Waals surface area contributed by atoms with Crippen LogP contribution < -0.4 is 0 Å². The third-order valence-electron chi connectivity index (χ3n) is 2.83. The molecular weight excluding hydrogens is 248 g/mol. The van der Waals surface area contributed by atoms with Crippen molar-refractivity contribution in [2.24, 2.45) is 0 Å². The van der Waals surface area contributed by atoms with Gasteiger partial charge in [-0.3, -0.25) is 0 Å². The molecule has 0 nitrogen and oxygen atoms in total. The zero-order valence-corrected chi connectivity index (χ0v) is 11.6. The standard InChI is InChI=1S/C14H21Br/c1-4-5-6-7-14(15)13-10-11(2)8-9-12(13)3/h8-10,14H,4-7H2,1-3H3. The Bertz CT molecular complexity index is 304. The highest BCUT2D eigenvalue weighted by molar-refractivity contribution is 9.09. The SMILES string of the molecule is CCCCCC(Br)c1cc(C)ccc1C. The minimum Gasteiger partial charge on any atom is -0.0839 e. The van der Waals surface area contributed by atoms with Crippen LogP contribution in [0.25, 0.3) is 0 Å². The highest BCUT2D eigenvalue weighted by atomic mass is 79.9. The second kappa shape index (κ2) is 6.32.